The van der Waals surface area contributed by atoms with Crippen LogP contribution in [-0.4, -0.2) is 23.4 Å². The molecule has 1 aliphatic rings. The normalized spacial score (nSPS) is 16.8. The zero-order valence-electron chi connectivity index (χ0n) is 12.5. The van der Waals surface area contributed by atoms with Gasteiger partial charge in [0.2, 0.25) is 0 Å². The van der Waals surface area contributed by atoms with E-state index in [0.717, 1.165) is 36.9 Å². The minimum atomic E-state index is 0.184. The lowest BCUT2D eigenvalue weighted by atomic mass is 9.89. The summed E-state index contributed by atoms with van der Waals surface area (Å²) in [5.74, 6) is 0.504. The molecule has 1 aliphatic heterocycles. The Morgan fingerprint density at radius 3 is 2.65 bits per heavy atom. The molecule has 0 radical (unpaired) electrons. The van der Waals surface area contributed by atoms with Gasteiger partial charge in [0, 0.05) is 30.1 Å². The van der Waals surface area contributed by atoms with Crippen molar-refractivity contribution < 1.29 is 4.79 Å². The summed E-state index contributed by atoms with van der Waals surface area (Å²) in [5.41, 5.74) is 4.65. The van der Waals surface area contributed by atoms with Gasteiger partial charge in [0.05, 0.1) is 5.52 Å². The van der Waals surface area contributed by atoms with Crippen LogP contribution in [0.1, 0.15) is 34.3 Å². The minimum Gasteiger partial charge on any atom is -0.350 e. The monoisotopic (exact) mass is 270 g/mol. The van der Waals surface area contributed by atoms with E-state index < -0.39 is 0 Å². The van der Waals surface area contributed by atoms with E-state index in [2.05, 4.69) is 35.9 Å². The van der Waals surface area contributed by atoms with Gasteiger partial charge in [0.15, 0.2) is 5.78 Å². The van der Waals surface area contributed by atoms with Crippen LogP contribution < -0.4 is 5.32 Å². The van der Waals surface area contributed by atoms with Crippen LogP contribution in [0.15, 0.2) is 18.3 Å². The first-order valence-corrected chi connectivity index (χ1v) is 7.39. The molecule has 2 aromatic rings. The van der Waals surface area contributed by atoms with Crippen LogP contribution in [0.2, 0.25) is 0 Å². The van der Waals surface area contributed by atoms with Gasteiger partial charge in [-0.05, 0) is 50.9 Å². The number of nitrogens with one attached hydrogen (secondary N) is 1. The number of fused-ring (bicyclic) bond motifs is 1. The quantitative estimate of drug-likeness (QED) is 0.851. The van der Waals surface area contributed by atoms with Crippen LogP contribution in [0.4, 0.5) is 0 Å². The summed E-state index contributed by atoms with van der Waals surface area (Å²) in [4.78, 5) is 12.8. The predicted molar refractivity (Wildman–Crippen MR) is 82.3 cm³/mol. The summed E-state index contributed by atoms with van der Waals surface area (Å²) in [6, 6.07) is 4.23. The molecular formula is C17H22N2O. The molecule has 0 spiro atoms. The lowest BCUT2D eigenvalue weighted by Crippen LogP contribution is -2.31. The Kier molecular flexibility index (Phi) is 3.38. The van der Waals surface area contributed by atoms with Crippen molar-refractivity contribution in [1.82, 2.24) is 9.88 Å². The van der Waals surface area contributed by atoms with E-state index >= 15 is 0 Å². The van der Waals surface area contributed by atoms with E-state index in [4.69, 9.17) is 0 Å². The molecule has 1 N–H and O–H groups in total. The molecule has 3 heteroatoms. The maximum Gasteiger partial charge on any atom is 0.168 e. The van der Waals surface area contributed by atoms with Gasteiger partial charge in [-0.1, -0.05) is 12.1 Å². The Bertz CT molecular complexity index is 663. The number of carbonyl (C=O) groups is 1. The summed E-state index contributed by atoms with van der Waals surface area (Å²) >= 11 is 0. The highest BCUT2D eigenvalue weighted by molar-refractivity contribution is 6.09. The topological polar surface area (TPSA) is 34.0 Å². The predicted octanol–water partition coefficient (Wildman–Crippen LogP) is 2.98. The Hall–Kier alpha value is -1.61. The van der Waals surface area contributed by atoms with Crippen molar-refractivity contribution >= 4 is 16.7 Å². The lowest BCUT2D eigenvalue weighted by Gasteiger charge is -2.21. The fourth-order valence-electron chi connectivity index (χ4n) is 3.30. The molecule has 0 bridgehead atoms. The molecule has 2 heterocycles. The lowest BCUT2D eigenvalue weighted by molar-refractivity contribution is 0.0896. The van der Waals surface area contributed by atoms with Crippen LogP contribution in [0.3, 0.4) is 0 Å². The van der Waals surface area contributed by atoms with Gasteiger partial charge in [-0.25, -0.2) is 0 Å². The highest BCUT2D eigenvalue weighted by atomic mass is 16.1. The number of benzene rings is 1. The van der Waals surface area contributed by atoms with E-state index in [1.807, 2.05) is 13.2 Å². The molecule has 3 rings (SSSR count). The van der Waals surface area contributed by atoms with Crippen molar-refractivity contribution in [3.63, 3.8) is 0 Å². The molecule has 1 fully saturated rings. The third-order valence-corrected chi connectivity index (χ3v) is 4.64. The van der Waals surface area contributed by atoms with Crippen molar-refractivity contribution in [3.8, 4) is 0 Å². The van der Waals surface area contributed by atoms with E-state index in [1.165, 1.54) is 16.6 Å². The van der Waals surface area contributed by atoms with E-state index in [-0.39, 0.29) is 5.92 Å². The van der Waals surface area contributed by atoms with E-state index in [1.54, 1.807) is 0 Å². The van der Waals surface area contributed by atoms with Gasteiger partial charge in [-0.15, -0.1) is 0 Å². The number of carbonyl (C=O) groups excluding carboxylic acids is 1. The standard InChI is InChI=1S/C17H22N2O/c1-11-4-5-14-15(10-19(3)16(14)12(11)2)17(20)13-6-8-18-9-7-13/h4-5,10,13,18H,6-9H2,1-3H3. The van der Waals surface area contributed by atoms with Gasteiger partial charge in [-0.3, -0.25) is 4.79 Å². The number of Topliss-reactive ketones (excluding diaryl/α,β-unsaturated/α-hetero) is 1. The van der Waals surface area contributed by atoms with Crippen LogP contribution in [-0.2, 0) is 7.05 Å². The number of hydrogen-bond acceptors (Lipinski definition) is 2. The third-order valence-electron chi connectivity index (χ3n) is 4.64. The number of ketones is 1. The number of rotatable bonds is 2. The second-order valence-corrected chi connectivity index (χ2v) is 5.95. The summed E-state index contributed by atoms with van der Waals surface area (Å²) in [5, 5.41) is 4.43. The van der Waals surface area contributed by atoms with Crippen molar-refractivity contribution in [2.45, 2.75) is 26.7 Å². The molecular weight excluding hydrogens is 248 g/mol. The summed E-state index contributed by atoms with van der Waals surface area (Å²) in [7, 11) is 2.04. The molecule has 0 unspecified atom stereocenters. The third kappa shape index (κ3) is 2.06. The van der Waals surface area contributed by atoms with Crippen molar-refractivity contribution in [2.24, 2.45) is 13.0 Å². The number of hydrogen-bond donors (Lipinski definition) is 1. The second-order valence-electron chi connectivity index (χ2n) is 5.95. The smallest absolute Gasteiger partial charge is 0.168 e. The zero-order chi connectivity index (χ0) is 14.3. The molecule has 1 saturated heterocycles. The van der Waals surface area contributed by atoms with Gasteiger partial charge in [0.25, 0.3) is 0 Å². The van der Waals surface area contributed by atoms with Gasteiger partial charge < -0.3 is 9.88 Å². The highest BCUT2D eigenvalue weighted by Gasteiger charge is 2.25. The Labute approximate surface area is 120 Å². The number of aromatic nitrogens is 1. The van der Waals surface area contributed by atoms with Gasteiger partial charge in [-0.2, -0.15) is 0 Å². The average molecular weight is 270 g/mol. The Balaban J connectivity index is 2.08. The molecule has 20 heavy (non-hydrogen) atoms. The van der Waals surface area contributed by atoms with Crippen LogP contribution in [0, 0.1) is 19.8 Å². The number of nitrogens with zero attached hydrogens (tertiary/aromatic N) is 1. The zero-order valence-corrected chi connectivity index (χ0v) is 12.5. The Morgan fingerprint density at radius 1 is 1.25 bits per heavy atom. The highest BCUT2D eigenvalue weighted by Crippen LogP contribution is 2.29. The molecule has 0 atom stereocenters. The van der Waals surface area contributed by atoms with Crippen LogP contribution in [0.5, 0.6) is 0 Å². The first-order chi connectivity index (χ1) is 9.59. The van der Waals surface area contributed by atoms with Crippen molar-refractivity contribution in [3.05, 3.63) is 35.0 Å². The summed E-state index contributed by atoms with van der Waals surface area (Å²) in [6.45, 7) is 6.17. The van der Waals surface area contributed by atoms with Gasteiger partial charge >= 0.3 is 0 Å². The Morgan fingerprint density at radius 2 is 1.95 bits per heavy atom. The minimum absolute atomic E-state index is 0.184. The summed E-state index contributed by atoms with van der Waals surface area (Å²) < 4.78 is 2.10. The SMILES string of the molecule is Cc1ccc2c(C(=O)C3CCNCC3)cn(C)c2c1C. The molecule has 0 amide bonds. The van der Waals surface area contributed by atoms with Gasteiger partial charge in [0.1, 0.15) is 0 Å². The maximum atomic E-state index is 12.8. The van der Waals surface area contributed by atoms with Crippen LogP contribution >= 0.6 is 0 Å². The molecule has 1 aromatic carbocycles. The molecule has 0 aliphatic carbocycles. The molecule has 106 valence electrons. The largest absolute Gasteiger partial charge is 0.350 e. The van der Waals surface area contributed by atoms with E-state index in [0.29, 0.717) is 5.78 Å². The first kappa shape index (κ1) is 13.4. The van der Waals surface area contributed by atoms with Crippen molar-refractivity contribution in [2.75, 3.05) is 13.1 Å². The molecule has 0 saturated carbocycles. The number of aryl methyl sites for hydroxylation is 3. The van der Waals surface area contributed by atoms with E-state index in [9.17, 15) is 4.79 Å². The van der Waals surface area contributed by atoms with Crippen LogP contribution in [0.25, 0.3) is 10.9 Å². The number of piperidine rings is 1. The second kappa shape index (κ2) is 5.06. The average Bonchev–Trinajstić information content (AvgIpc) is 2.81. The maximum absolute atomic E-state index is 12.8. The first-order valence-electron chi connectivity index (χ1n) is 7.39. The van der Waals surface area contributed by atoms with Crippen molar-refractivity contribution in [1.29, 1.82) is 0 Å². The fourth-order valence-corrected chi connectivity index (χ4v) is 3.30. The molecule has 3 nitrogen and oxygen atoms in total. The molecule has 1 aromatic heterocycles. The summed E-state index contributed by atoms with van der Waals surface area (Å²) in [6.07, 6.45) is 3.93. The fraction of sp³-hybridized carbons (Fsp3) is 0.471.